The Morgan fingerprint density at radius 1 is 1.39 bits per heavy atom. The quantitative estimate of drug-likeness (QED) is 0.785. The van der Waals surface area contributed by atoms with Crippen molar-refractivity contribution in [2.24, 2.45) is 5.73 Å². The van der Waals surface area contributed by atoms with E-state index >= 15 is 0 Å². The van der Waals surface area contributed by atoms with E-state index in [-0.39, 0.29) is 11.9 Å². The van der Waals surface area contributed by atoms with Crippen LogP contribution >= 0.6 is 0 Å². The van der Waals surface area contributed by atoms with Crippen LogP contribution in [0.4, 0.5) is 0 Å². The normalized spacial score (nSPS) is 18.2. The number of likely N-dealkylation sites (tertiary alicyclic amines) is 1. The second kappa shape index (κ2) is 7.15. The molecule has 0 saturated carbocycles. The lowest BCUT2D eigenvalue weighted by molar-refractivity contribution is -0.123. The number of amides is 1. The van der Waals surface area contributed by atoms with Gasteiger partial charge in [-0.15, -0.1) is 0 Å². The van der Waals surface area contributed by atoms with Gasteiger partial charge in [-0.05, 0) is 37.4 Å². The smallest absolute Gasteiger partial charge is 0.237 e. The maximum absolute atomic E-state index is 12.4. The number of para-hydroxylation sites is 1. The molecule has 1 aliphatic heterocycles. The third-order valence-corrected chi connectivity index (χ3v) is 4.83. The van der Waals surface area contributed by atoms with Gasteiger partial charge in [0.15, 0.2) is 0 Å². The van der Waals surface area contributed by atoms with Crippen LogP contribution in [-0.2, 0) is 11.2 Å². The number of fused-ring (bicyclic) bond motifs is 1. The number of aromatic nitrogens is 1. The van der Waals surface area contributed by atoms with E-state index < -0.39 is 6.04 Å². The van der Waals surface area contributed by atoms with Gasteiger partial charge in [0.1, 0.15) is 0 Å². The minimum atomic E-state index is -0.501. The number of nitrogens with one attached hydrogen (secondary N) is 2. The Hall–Kier alpha value is -1.85. The fourth-order valence-electron chi connectivity index (χ4n) is 3.33. The number of rotatable bonds is 5. The summed E-state index contributed by atoms with van der Waals surface area (Å²) in [5, 5.41) is 4.27. The van der Waals surface area contributed by atoms with Crippen LogP contribution in [0.25, 0.3) is 10.9 Å². The van der Waals surface area contributed by atoms with E-state index in [4.69, 9.17) is 5.73 Å². The molecule has 23 heavy (non-hydrogen) atoms. The highest BCUT2D eigenvalue weighted by Crippen LogP contribution is 2.19. The van der Waals surface area contributed by atoms with Crippen LogP contribution in [0.5, 0.6) is 0 Å². The molecule has 3 rings (SSSR count). The predicted molar refractivity (Wildman–Crippen MR) is 93.3 cm³/mol. The fraction of sp³-hybridized carbons (Fsp3) is 0.500. The summed E-state index contributed by atoms with van der Waals surface area (Å²) >= 11 is 0. The van der Waals surface area contributed by atoms with Crippen molar-refractivity contribution in [1.29, 1.82) is 0 Å². The molecule has 0 bridgehead atoms. The van der Waals surface area contributed by atoms with E-state index in [0.717, 1.165) is 48.9 Å². The number of hydrogen-bond acceptors (Lipinski definition) is 3. The second-order valence-electron chi connectivity index (χ2n) is 6.39. The zero-order valence-electron chi connectivity index (χ0n) is 13.7. The van der Waals surface area contributed by atoms with Gasteiger partial charge < -0.3 is 20.9 Å². The molecule has 4 N–H and O–H groups in total. The molecule has 0 spiro atoms. The van der Waals surface area contributed by atoms with Crippen molar-refractivity contribution in [3.63, 3.8) is 0 Å². The van der Waals surface area contributed by atoms with E-state index in [0.29, 0.717) is 6.42 Å². The van der Waals surface area contributed by atoms with Gasteiger partial charge in [0.25, 0.3) is 0 Å². The third kappa shape index (κ3) is 3.74. The lowest BCUT2D eigenvalue weighted by Crippen LogP contribution is -2.50. The predicted octanol–water partition coefficient (Wildman–Crippen LogP) is 1.64. The first kappa shape index (κ1) is 16.0. The van der Waals surface area contributed by atoms with Crippen LogP contribution in [0, 0.1) is 0 Å². The van der Waals surface area contributed by atoms with Gasteiger partial charge in [-0.3, -0.25) is 4.79 Å². The molecule has 1 saturated heterocycles. The molecular formula is C18H26N4O. The highest BCUT2D eigenvalue weighted by atomic mass is 16.2. The molecular weight excluding hydrogens is 288 g/mol. The van der Waals surface area contributed by atoms with Gasteiger partial charge in [-0.2, -0.15) is 0 Å². The number of piperidine rings is 1. The molecule has 5 heteroatoms. The molecule has 1 aromatic carbocycles. The topological polar surface area (TPSA) is 74.2 Å². The van der Waals surface area contributed by atoms with E-state index in [1.54, 1.807) is 0 Å². The van der Waals surface area contributed by atoms with Crippen molar-refractivity contribution in [2.45, 2.75) is 38.3 Å². The number of nitrogens with zero attached hydrogens (tertiary/aromatic N) is 1. The number of benzene rings is 1. The zero-order valence-corrected chi connectivity index (χ0v) is 13.7. The molecule has 1 fully saturated rings. The third-order valence-electron chi connectivity index (χ3n) is 4.83. The van der Waals surface area contributed by atoms with Crippen molar-refractivity contribution in [3.05, 3.63) is 36.0 Å². The van der Waals surface area contributed by atoms with Crippen molar-refractivity contribution >= 4 is 16.8 Å². The summed E-state index contributed by atoms with van der Waals surface area (Å²) < 4.78 is 0. The maximum Gasteiger partial charge on any atom is 0.237 e. The van der Waals surface area contributed by atoms with Gasteiger partial charge in [-0.1, -0.05) is 25.1 Å². The number of nitrogens with two attached hydrogens (primary N) is 1. The molecule has 0 radical (unpaired) electrons. The maximum atomic E-state index is 12.4. The first-order valence-corrected chi connectivity index (χ1v) is 8.50. The zero-order chi connectivity index (χ0) is 16.2. The van der Waals surface area contributed by atoms with Crippen molar-refractivity contribution < 1.29 is 4.79 Å². The first-order valence-electron chi connectivity index (χ1n) is 8.50. The molecule has 1 aromatic heterocycles. The van der Waals surface area contributed by atoms with Gasteiger partial charge in [0.05, 0.1) is 6.04 Å². The second-order valence-corrected chi connectivity index (χ2v) is 6.39. The average Bonchev–Trinajstić information content (AvgIpc) is 2.98. The summed E-state index contributed by atoms with van der Waals surface area (Å²) in [7, 11) is 0. The average molecular weight is 314 g/mol. The number of carbonyl (C=O) groups excluding carboxylic acids is 1. The fourth-order valence-corrected chi connectivity index (χ4v) is 3.33. The van der Waals surface area contributed by atoms with Gasteiger partial charge in [-0.25, -0.2) is 0 Å². The first-order chi connectivity index (χ1) is 11.2. The van der Waals surface area contributed by atoms with Crippen LogP contribution < -0.4 is 11.1 Å². The molecule has 0 unspecified atom stereocenters. The van der Waals surface area contributed by atoms with Crippen LogP contribution in [0.1, 0.15) is 25.3 Å². The molecule has 0 aliphatic carbocycles. The largest absolute Gasteiger partial charge is 0.361 e. The monoisotopic (exact) mass is 314 g/mol. The van der Waals surface area contributed by atoms with E-state index in [1.165, 1.54) is 0 Å². The van der Waals surface area contributed by atoms with Crippen molar-refractivity contribution in [2.75, 3.05) is 19.6 Å². The lowest BCUT2D eigenvalue weighted by atomic mass is 10.0. The number of aromatic amines is 1. The highest BCUT2D eigenvalue weighted by molar-refractivity contribution is 5.86. The van der Waals surface area contributed by atoms with Crippen LogP contribution in [0.2, 0.25) is 0 Å². The molecule has 2 heterocycles. The lowest BCUT2D eigenvalue weighted by Gasteiger charge is -2.32. The van der Waals surface area contributed by atoms with E-state index in [1.807, 2.05) is 24.4 Å². The molecule has 1 aliphatic rings. The van der Waals surface area contributed by atoms with Crippen LogP contribution in [-0.4, -0.2) is 47.5 Å². The van der Waals surface area contributed by atoms with Gasteiger partial charge in [0, 0.05) is 36.2 Å². The highest BCUT2D eigenvalue weighted by Gasteiger charge is 2.23. The van der Waals surface area contributed by atoms with Crippen molar-refractivity contribution in [1.82, 2.24) is 15.2 Å². The Morgan fingerprint density at radius 2 is 2.13 bits per heavy atom. The SMILES string of the molecule is CCN1CCC(NC(=O)[C@@H](N)Cc2c[nH]c3ccccc23)CC1. The van der Waals surface area contributed by atoms with Crippen LogP contribution in [0.15, 0.2) is 30.5 Å². The number of hydrogen-bond donors (Lipinski definition) is 3. The van der Waals surface area contributed by atoms with E-state index in [9.17, 15) is 4.79 Å². The minimum Gasteiger partial charge on any atom is -0.361 e. The summed E-state index contributed by atoms with van der Waals surface area (Å²) in [6, 6.07) is 7.86. The van der Waals surface area contributed by atoms with Crippen molar-refractivity contribution in [3.8, 4) is 0 Å². The molecule has 5 nitrogen and oxygen atoms in total. The molecule has 1 amide bonds. The standard InChI is InChI=1S/C18H26N4O/c1-2-22-9-7-14(8-10-22)21-18(23)16(19)11-13-12-20-17-6-4-3-5-15(13)17/h3-6,12,14,16,20H,2,7-11,19H2,1H3,(H,21,23)/t16-/m0/s1. The summed E-state index contributed by atoms with van der Waals surface area (Å²) in [5.74, 6) is -0.0368. The molecule has 1 atom stereocenters. The van der Waals surface area contributed by atoms with E-state index in [2.05, 4.69) is 28.2 Å². The Kier molecular flexibility index (Phi) is 4.98. The number of carbonyl (C=O) groups is 1. The Labute approximate surface area is 137 Å². The van der Waals surface area contributed by atoms with Gasteiger partial charge in [0.2, 0.25) is 5.91 Å². The van der Waals surface area contributed by atoms with Crippen LogP contribution in [0.3, 0.4) is 0 Å². The Bertz CT molecular complexity index is 658. The number of H-pyrrole nitrogens is 1. The molecule has 124 valence electrons. The summed E-state index contributed by atoms with van der Waals surface area (Å²) in [6.07, 6.45) is 4.54. The minimum absolute atomic E-state index is 0.0368. The molecule has 2 aromatic rings. The Balaban J connectivity index is 1.56. The Morgan fingerprint density at radius 3 is 2.87 bits per heavy atom. The van der Waals surface area contributed by atoms with Gasteiger partial charge >= 0.3 is 0 Å². The summed E-state index contributed by atoms with van der Waals surface area (Å²) in [4.78, 5) is 18.0. The summed E-state index contributed by atoms with van der Waals surface area (Å²) in [6.45, 7) is 5.37. The summed E-state index contributed by atoms with van der Waals surface area (Å²) in [5.41, 5.74) is 8.32.